The first-order chi connectivity index (χ1) is 7.52. The molecule has 4 heteroatoms. The molecule has 1 aliphatic rings. The maximum absolute atomic E-state index is 13.9. The summed E-state index contributed by atoms with van der Waals surface area (Å²) >= 11 is 3.32. The third kappa shape index (κ3) is 1.62. The molecule has 84 valence electrons. The summed E-state index contributed by atoms with van der Waals surface area (Å²) in [5, 5.41) is 0. The van der Waals surface area contributed by atoms with Crippen molar-refractivity contribution < 1.29 is 9.18 Å². The molecule has 1 saturated carbocycles. The topological polar surface area (TPSA) is 29.4 Å². The summed E-state index contributed by atoms with van der Waals surface area (Å²) in [5.74, 6) is -0.225. The molecule has 1 aliphatic carbocycles. The van der Waals surface area contributed by atoms with Gasteiger partial charge in [-0.2, -0.15) is 4.99 Å². The minimum atomic E-state index is -0.511. The van der Waals surface area contributed by atoms with Gasteiger partial charge in [0.15, 0.2) is 0 Å². The van der Waals surface area contributed by atoms with Crippen LogP contribution in [0.25, 0.3) is 0 Å². The number of hydrogen-bond donors (Lipinski definition) is 0. The molecule has 16 heavy (non-hydrogen) atoms. The summed E-state index contributed by atoms with van der Waals surface area (Å²) < 4.78 is 14.6. The Labute approximate surface area is 102 Å². The van der Waals surface area contributed by atoms with E-state index in [1.807, 2.05) is 6.07 Å². The van der Waals surface area contributed by atoms with Crippen molar-refractivity contribution in [3.05, 3.63) is 33.0 Å². The Hall–Kier alpha value is -0.990. The van der Waals surface area contributed by atoms with Crippen molar-refractivity contribution in [3.8, 4) is 0 Å². The van der Waals surface area contributed by atoms with E-state index in [-0.39, 0.29) is 5.82 Å². The Morgan fingerprint density at radius 3 is 2.56 bits per heavy atom. The van der Waals surface area contributed by atoms with Gasteiger partial charge < -0.3 is 0 Å². The molecule has 0 aromatic heterocycles. The van der Waals surface area contributed by atoms with Crippen LogP contribution in [-0.2, 0) is 10.3 Å². The molecule has 0 radical (unpaired) electrons. The SMILES string of the molecule is Cc1c(Br)cc(C2(N=C=O)CC2)c(C)c1F. The second kappa shape index (κ2) is 3.79. The van der Waals surface area contributed by atoms with Crippen LogP contribution >= 0.6 is 15.9 Å². The van der Waals surface area contributed by atoms with Gasteiger partial charge in [0, 0.05) is 4.47 Å². The fourth-order valence-electron chi connectivity index (χ4n) is 1.98. The predicted octanol–water partition coefficient (Wildman–Crippen LogP) is 3.53. The van der Waals surface area contributed by atoms with Crippen LogP contribution < -0.4 is 0 Å². The van der Waals surface area contributed by atoms with Gasteiger partial charge in [0.2, 0.25) is 6.08 Å². The van der Waals surface area contributed by atoms with E-state index in [2.05, 4.69) is 20.9 Å². The third-order valence-electron chi connectivity index (χ3n) is 3.18. The molecule has 0 amide bonds. The molecule has 0 bridgehead atoms. The van der Waals surface area contributed by atoms with E-state index in [4.69, 9.17) is 0 Å². The largest absolute Gasteiger partial charge is 0.235 e. The zero-order valence-corrected chi connectivity index (χ0v) is 10.7. The molecule has 0 spiro atoms. The van der Waals surface area contributed by atoms with Crippen molar-refractivity contribution in [3.63, 3.8) is 0 Å². The lowest BCUT2D eigenvalue weighted by atomic mass is 9.97. The van der Waals surface area contributed by atoms with Gasteiger partial charge in [-0.25, -0.2) is 9.18 Å². The van der Waals surface area contributed by atoms with Gasteiger partial charge in [0.05, 0.1) is 5.54 Å². The molecule has 2 nitrogen and oxygen atoms in total. The van der Waals surface area contributed by atoms with E-state index < -0.39 is 5.54 Å². The van der Waals surface area contributed by atoms with Crippen LogP contribution in [-0.4, -0.2) is 6.08 Å². The van der Waals surface area contributed by atoms with Gasteiger partial charge in [0.1, 0.15) is 5.82 Å². The van der Waals surface area contributed by atoms with E-state index in [0.29, 0.717) is 11.1 Å². The molecule has 0 heterocycles. The predicted molar refractivity (Wildman–Crippen MR) is 62.6 cm³/mol. The Morgan fingerprint density at radius 1 is 1.44 bits per heavy atom. The molecule has 0 atom stereocenters. The molecular weight excluding hydrogens is 273 g/mol. The summed E-state index contributed by atoms with van der Waals surface area (Å²) in [6, 6.07) is 1.86. The van der Waals surface area contributed by atoms with E-state index in [0.717, 1.165) is 22.9 Å². The standard InChI is InChI=1S/C12H11BrFNO/c1-7-9(12(3-4-12)15-6-16)5-10(13)8(2)11(7)14/h5H,3-4H2,1-2H3. The average molecular weight is 284 g/mol. The van der Waals surface area contributed by atoms with Crippen LogP contribution in [0.3, 0.4) is 0 Å². The first-order valence-electron chi connectivity index (χ1n) is 5.06. The molecule has 0 aliphatic heterocycles. The highest BCUT2D eigenvalue weighted by Gasteiger charge is 2.46. The zero-order chi connectivity index (χ0) is 11.9. The maximum atomic E-state index is 13.9. The second-order valence-electron chi connectivity index (χ2n) is 4.20. The molecule has 0 saturated heterocycles. The molecular formula is C12H11BrFNO. The van der Waals surface area contributed by atoms with Crippen molar-refractivity contribution in [2.45, 2.75) is 32.2 Å². The summed E-state index contributed by atoms with van der Waals surface area (Å²) in [5.41, 5.74) is 1.46. The summed E-state index contributed by atoms with van der Waals surface area (Å²) in [6.45, 7) is 3.45. The van der Waals surface area contributed by atoms with E-state index in [1.165, 1.54) is 0 Å². The van der Waals surface area contributed by atoms with Crippen LogP contribution in [0, 0.1) is 19.7 Å². The Morgan fingerprint density at radius 2 is 2.06 bits per heavy atom. The van der Waals surface area contributed by atoms with E-state index in [1.54, 1.807) is 19.9 Å². The normalized spacial score (nSPS) is 16.8. The quantitative estimate of drug-likeness (QED) is 0.603. The average Bonchev–Trinajstić information content (AvgIpc) is 3.02. The molecule has 1 aromatic rings. The lowest BCUT2D eigenvalue weighted by Gasteiger charge is -2.15. The van der Waals surface area contributed by atoms with Crippen molar-refractivity contribution >= 4 is 22.0 Å². The summed E-state index contributed by atoms with van der Waals surface area (Å²) in [4.78, 5) is 14.2. The van der Waals surface area contributed by atoms with Crippen molar-refractivity contribution in [2.75, 3.05) is 0 Å². The second-order valence-corrected chi connectivity index (χ2v) is 5.06. The maximum Gasteiger partial charge on any atom is 0.235 e. The smallest absolute Gasteiger partial charge is 0.211 e. The van der Waals surface area contributed by atoms with Gasteiger partial charge in [-0.05, 0) is 49.4 Å². The first kappa shape index (κ1) is 11.5. The van der Waals surface area contributed by atoms with Crippen LogP contribution in [0.15, 0.2) is 15.5 Å². The van der Waals surface area contributed by atoms with Crippen LogP contribution in [0.2, 0.25) is 0 Å². The zero-order valence-electron chi connectivity index (χ0n) is 9.10. The molecule has 1 fully saturated rings. The van der Waals surface area contributed by atoms with Gasteiger partial charge in [-0.15, -0.1) is 0 Å². The highest BCUT2D eigenvalue weighted by atomic mass is 79.9. The monoisotopic (exact) mass is 283 g/mol. The third-order valence-corrected chi connectivity index (χ3v) is 4.00. The van der Waals surface area contributed by atoms with Crippen molar-refractivity contribution in [1.82, 2.24) is 0 Å². The van der Waals surface area contributed by atoms with Crippen LogP contribution in [0.5, 0.6) is 0 Å². The first-order valence-corrected chi connectivity index (χ1v) is 5.86. The van der Waals surface area contributed by atoms with Crippen LogP contribution in [0.4, 0.5) is 4.39 Å². The number of benzene rings is 1. The number of hydrogen-bond acceptors (Lipinski definition) is 2. The lowest BCUT2D eigenvalue weighted by molar-refractivity contribution is 0.554. The summed E-state index contributed by atoms with van der Waals surface area (Å²) in [7, 11) is 0. The lowest BCUT2D eigenvalue weighted by Crippen LogP contribution is -2.08. The van der Waals surface area contributed by atoms with Crippen molar-refractivity contribution in [2.24, 2.45) is 4.99 Å². The van der Waals surface area contributed by atoms with Crippen molar-refractivity contribution in [1.29, 1.82) is 0 Å². The van der Waals surface area contributed by atoms with Gasteiger partial charge in [0.25, 0.3) is 0 Å². The number of aliphatic imine (C=N–C) groups is 1. The van der Waals surface area contributed by atoms with E-state index in [9.17, 15) is 9.18 Å². The minimum absolute atomic E-state index is 0.225. The Kier molecular flexibility index (Phi) is 2.72. The molecule has 0 unspecified atom stereocenters. The van der Waals surface area contributed by atoms with E-state index >= 15 is 0 Å². The minimum Gasteiger partial charge on any atom is -0.211 e. The van der Waals surface area contributed by atoms with Gasteiger partial charge in [-0.3, -0.25) is 0 Å². The number of carbonyl (C=O) groups excluding carboxylic acids is 1. The van der Waals surface area contributed by atoms with Crippen LogP contribution in [0.1, 0.15) is 29.5 Å². The number of halogens is 2. The Bertz CT molecular complexity index is 502. The Balaban J connectivity index is 2.63. The molecule has 1 aromatic carbocycles. The van der Waals surface area contributed by atoms with Gasteiger partial charge >= 0.3 is 0 Å². The number of rotatable bonds is 2. The number of nitrogens with zero attached hydrogens (tertiary/aromatic N) is 1. The number of isocyanates is 1. The fraction of sp³-hybridized carbons (Fsp3) is 0.417. The fourth-order valence-corrected chi connectivity index (χ4v) is 2.38. The highest BCUT2D eigenvalue weighted by Crippen LogP contribution is 2.51. The molecule has 0 N–H and O–H groups in total. The molecule has 2 rings (SSSR count). The van der Waals surface area contributed by atoms with Gasteiger partial charge in [-0.1, -0.05) is 15.9 Å². The summed E-state index contributed by atoms with van der Waals surface area (Å²) in [6.07, 6.45) is 3.17. The highest BCUT2D eigenvalue weighted by molar-refractivity contribution is 9.10.